The van der Waals surface area contributed by atoms with Crippen LogP contribution in [-0.2, 0) is 0 Å². The average molecular weight is 228 g/mol. The van der Waals surface area contributed by atoms with Crippen molar-refractivity contribution < 1.29 is 9.47 Å². The van der Waals surface area contributed by atoms with E-state index in [1.54, 1.807) is 0 Å². The van der Waals surface area contributed by atoms with Gasteiger partial charge in [0.1, 0.15) is 0 Å². The van der Waals surface area contributed by atoms with E-state index in [1.807, 2.05) is 18.2 Å². The molecule has 0 atom stereocenters. The first-order valence-electron chi connectivity index (χ1n) is 5.09. The third-order valence-corrected chi connectivity index (χ3v) is 2.36. The quantitative estimate of drug-likeness (QED) is 0.805. The van der Waals surface area contributed by atoms with E-state index in [0.717, 1.165) is 36.8 Å². The Hall–Kier alpha value is -1.09. The van der Waals surface area contributed by atoms with Crippen molar-refractivity contribution in [3.8, 4) is 11.5 Å². The molecule has 3 nitrogen and oxygen atoms in total. The second-order valence-corrected chi connectivity index (χ2v) is 3.71. The van der Waals surface area contributed by atoms with E-state index >= 15 is 0 Å². The summed E-state index contributed by atoms with van der Waals surface area (Å²) in [5.41, 5.74) is 1.01. The summed E-state index contributed by atoms with van der Waals surface area (Å²) < 4.78 is 11.1. The number of hydrogen-bond donors (Lipinski definition) is 1. The number of alkyl halides is 1. The van der Waals surface area contributed by atoms with E-state index in [-0.39, 0.29) is 0 Å². The van der Waals surface area contributed by atoms with Crippen molar-refractivity contribution in [2.24, 2.45) is 0 Å². The minimum atomic E-state index is 0.592. The number of nitrogens with one attached hydrogen (secondary N) is 1. The van der Waals surface area contributed by atoms with Crippen LogP contribution in [0.1, 0.15) is 6.42 Å². The fraction of sp³-hybridized carbons (Fsp3) is 0.455. The lowest BCUT2D eigenvalue weighted by Crippen LogP contribution is -2.02. The van der Waals surface area contributed by atoms with Gasteiger partial charge >= 0.3 is 0 Å². The Morgan fingerprint density at radius 1 is 1.20 bits per heavy atom. The van der Waals surface area contributed by atoms with Crippen LogP contribution >= 0.6 is 11.6 Å². The predicted molar refractivity (Wildman–Crippen MR) is 61.3 cm³/mol. The monoisotopic (exact) mass is 227 g/mol. The summed E-state index contributed by atoms with van der Waals surface area (Å²) in [5.74, 6) is 2.23. The Kier molecular flexibility index (Phi) is 3.56. The molecule has 15 heavy (non-hydrogen) atoms. The zero-order chi connectivity index (χ0) is 10.5. The first-order chi connectivity index (χ1) is 7.40. The van der Waals surface area contributed by atoms with Gasteiger partial charge in [-0.1, -0.05) is 0 Å². The highest BCUT2D eigenvalue weighted by Crippen LogP contribution is 2.32. The van der Waals surface area contributed by atoms with Crippen LogP contribution < -0.4 is 14.8 Å². The van der Waals surface area contributed by atoms with Crippen LogP contribution in [0.2, 0.25) is 0 Å². The number of benzene rings is 1. The minimum Gasteiger partial charge on any atom is -0.490 e. The number of hydrogen-bond acceptors (Lipinski definition) is 3. The van der Waals surface area contributed by atoms with Crippen LogP contribution in [0.25, 0.3) is 0 Å². The van der Waals surface area contributed by atoms with E-state index < -0.39 is 0 Å². The lowest BCUT2D eigenvalue weighted by atomic mass is 10.2. The molecule has 4 heteroatoms. The van der Waals surface area contributed by atoms with Crippen LogP contribution in [0.15, 0.2) is 18.2 Å². The van der Waals surface area contributed by atoms with E-state index in [4.69, 9.17) is 21.1 Å². The highest BCUT2D eigenvalue weighted by Gasteiger charge is 2.09. The fourth-order valence-electron chi connectivity index (χ4n) is 1.46. The van der Waals surface area contributed by atoms with Crippen molar-refractivity contribution in [1.29, 1.82) is 0 Å². The van der Waals surface area contributed by atoms with Gasteiger partial charge in [0.2, 0.25) is 0 Å². The summed E-state index contributed by atoms with van der Waals surface area (Å²) in [4.78, 5) is 0. The van der Waals surface area contributed by atoms with Crippen LogP contribution in [0.3, 0.4) is 0 Å². The van der Waals surface area contributed by atoms with Crippen LogP contribution in [-0.4, -0.2) is 25.6 Å². The molecular formula is C11H14ClNO2. The van der Waals surface area contributed by atoms with E-state index in [2.05, 4.69) is 5.32 Å². The van der Waals surface area contributed by atoms with Crippen molar-refractivity contribution in [2.75, 3.05) is 31.0 Å². The molecule has 1 aliphatic rings. The largest absolute Gasteiger partial charge is 0.490 e. The third kappa shape index (κ3) is 2.69. The molecule has 0 unspecified atom stereocenters. The van der Waals surface area contributed by atoms with E-state index in [9.17, 15) is 0 Å². The van der Waals surface area contributed by atoms with Crippen molar-refractivity contribution in [3.63, 3.8) is 0 Å². The highest BCUT2D eigenvalue weighted by molar-refractivity contribution is 6.18. The standard InChI is InChI=1S/C11H14ClNO2/c12-4-5-13-9-2-3-10-11(8-9)15-7-1-6-14-10/h2-3,8,13H,1,4-7H2. The minimum absolute atomic E-state index is 0.592. The second-order valence-electron chi connectivity index (χ2n) is 3.33. The SMILES string of the molecule is ClCCNc1ccc2c(c1)OCCCO2. The Morgan fingerprint density at radius 2 is 2.00 bits per heavy atom. The summed E-state index contributed by atoms with van der Waals surface area (Å²) in [6.45, 7) is 2.19. The zero-order valence-corrected chi connectivity index (χ0v) is 9.22. The van der Waals surface area contributed by atoms with E-state index in [1.165, 1.54) is 0 Å². The van der Waals surface area contributed by atoms with Crippen LogP contribution in [0.5, 0.6) is 11.5 Å². The maximum Gasteiger partial charge on any atom is 0.163 e. The lowest BCUT2D eigenvalue weighted by molar-refractivity contribution is 0.297. The third-order valence-electron chi connectivity index (χ3n) is 2.17. The van der Waals surface area contributed by atoms with Gasteiger partial charge in [-0.05, 0) is 12.1 Å². The highest BCUT2D eigenvalue weighted by atomic mass is 35.5. The van der Waals surface area contributed by atoms with Crippen LogP contribution in [0, 0.1) is 0 Å². The average Bonchev–Trinajstić information content (AvgIpc) is 2.50. The maximum atomic E-state index is 5.60. The fourth-order valence-corrected chi connectivity index (χ4v) is 1.56. The first kappa shape index (κ1) is 10.4. The predicted octanol–water partition coefficient (Wildman–Crippen LogP) is 2.50. The molecule has 1 aromatic carbocycles. The Balaban J connectivity index is 2.13. The molecule has 0 amide bonds. The van der Waals surface area contributed by atoms with Gasteiger partial charge in [-0.25, -0.2) is 0 Å². The lowest BCUT2D eigenvalue weighted by Gasteiger charge is -2.10. The normalized spacial score (nSPS) is 14.5. The second kappa shape index (κ2) is 5.12. The number of anilines is 1. The van der Waals surface area contributed by atoms with Gasteiger partial charge in [-0.3, -0.25) is 0 Å². The molecule has 1 heterocycles. The summed E-state index contributed by atoms with van der Waals surface area (Å²) in [6, 6.07) is 5.85. The smallest absolute Gasteiger partial charge is 0.163 e. The first-order valence-corrected chi connectivity index (χ1v) is 5.63. The Bertz CT molecular complexity index is 330. The summed E-state index contributed by atoms with van der Waals surface area (Å²) in [7, 11) is 0. The maximum absolute atomic E-state index is 5.60. The molecule has 0 aliphatic carbocycles. The van der Waals surface area contributed by atoms with Crippen molar-refractivity contribution in [1.82, 2.24) is 0 Å². The van der Waals surface area contributed by atoms with Gasteiger partial charge in [0.05, 0.1) is 13.2 Å². The van der Waals surface area contributed by atoms with Gasteiger partial charge in [0, 0.05) is 30.6 Å². The number of ether oxygens (including phenoxy) is 2. The molecule has 1 N–H and O–H groups in total. The van der Waals surface area contributed by atoms with Gasteiger partial charge in [0.15, 0.2) is 11.5 Å². The molecule has 1 aromatic rings. The summed E-state index contributed by atoms with van der Waals surface area (Å²) >= 11 is 5.60. The molecule has 2 rings (SSSR count). The molecule has 0 spiro atoms. The number of halogens is 1. The summed E-state index contributed by atoms with van der Waals surface area (Å²) in [6.07, 6.45) is 0.930. The molecular weight excluding hydrogens is 214 g/mol. The molecule has 0 aromatic heterocycles. The summed E-state index contributed by atoms with van der Waals surface area (Å²) in [5, 5.41) is 3.20. The molecule has 0 saturated carbocycles. The molecule has 82 valence electrons. The Morgan fingerprint density at radius 3 is 2.80 bits per heavy atom. The molecule has 0 bridgehead atoms. The molecule has 0 fully saturated rings. The molecule has 0 saturated heterocycles. The van der Waals surface area contributed by atoms with Gasteiger partial charge < -0.3 is 14.8 Å². The van der Waals surface area contributed by atoms with Crippen molar-refractivity contribution in [3.05, 3.63) is 18.2 Å². The van der Waals surface area contributed by atoms with E-state index in [0.29, 0.717) is 12.5 Å². The zero-order valence-electron chi connectivity index (χ0n) is 8.46. The molecule has 0 radical (unpaired) electrons. The van der Waals surface area contributed by atoms with Gasteiger partial charge in [-0.2, -0.15) is 0 Å². The van der Waals surface area contributed by atoms with Gasteiger partial charge in [0.25, 0.3) is 0 Å². The van der Waals surface area contributed by atoms with Crippen molar-refractivity contribution in [2.45, 2.75) is 6.42 Å². The van der Waals surface area contributed by atoms with Crippen molar-refractivity contribution >= 4 is 17.3 Å². The Labute approximate surface area is 94.3 Å². The topological polar surface area (TPSA) is 30.5 Å². The molecule has 1 aliphatic heterocycles. The number of fused-ring (bicyclic) bond motifs is 1. The van der Waals surface area contributed by atoms with Crippen LogP contribution in [0.4, 0.5) is 5.69 Å². The number of rotatable bonds is 3. The van der Waals surface area contributed by atoms with Gasteiger partial charge in [-0.15, -0.1) is 11.6 Å².